The highest BCUT2D eigenvalue weighted by atomic mass is 32.1. The molecule has 1 fully saturated rings. The van der Waals surface area contributed by atoms with Crippen molar-refractivity contribution in [3.8, 4) is 0 Å². The second-order valence-corrected chi connectivity index (χ2v) is 9.50. The van der Waals surface area contributed by atoms with Crippen LogP contribution in [0.2, 0.25) is 0 Å². The predicted octanol–water partition coefficient (Wildman–Crippen LogP) is 3.35. The van der Waals surface area contributed by atoms with E-state index in [0.29, 0.717) is 42.7 Å². The second-order valence-electron chi connectivity index (χ2n) is 8.56. The van der Waals surface area contributed by atoms with Gasteiger partial charge in [-0.2, -0.15) is 0 Å². The molecule has 3 N–H and O–H groups in total. The molecule has 0 aliphatic carbocycles. The highest BCUT2D eigenvalue weighted by molar-refractivity contribution is 7.09. The molecule has 0 radical (unpaired) electrons. The Bertz CT molecular complexity index is 976. The van der Waals surface area contributed by atoms with Crippen LogP contribution >= 0.6 is 11.3 Å². The van der Waals surface area contributed by atoms with E-state index in [0.717, 1.165) is 12.8 Å². The van der Waals surface area contributed by atoms with Crippen molar-refractivity contribution < 1.29 is 19.1 Å². The number of nitrogens with one attached hydrogen (secondary N) is 3. The smallest absolute Gasteiger partial charge is 0.322 e. The Morgan fingerprint density at radius 3 is 2.74 bits per heavy atom. The van der Waals surface area contributed by atoms with Gasteiger partial charge in [-0.25, -0.2) is 9.78 Å². The number of carbonyl (C=O) groups is 3. The molecule has 9 nitrogen and oxygen atoms in total. The van der Waals surface area contributed by atoms with E-state index in [-0.39, 0.29) is 30.1 Å². The summed E-state index contributed by atoms with van der Waals surface area (Å²) in [5, 5.41) is 10.8. The number of thiazole rings is 1. The molecule has 1 aliphatic rings. The number of benzene rings is 1. The second kappa shape index (κ2) is 12.5. The molecule has 2 aromatic rings. The minimum Gasteiger partial charge on any atom is -0.383 e. The summed E-state index contributed by atoms with van der Waals surface area (Å²) in [7, 11) is 1.58. The van der Waals surface area contributed by atoms with Crippen LogP contribution in [-0.2, 0) is 16.1 Å². The number of urea groups is 1. The third-order valence-electron chi connectivity index (χ3n) is 5.63. The predicted molar refractivity (Wildman–Crippen MR) is 132 cm³/mol. The van der Waals surface area contributed by atoms with Gasteiger partial charge in [0.05, 0.1) is 13.2 Å². The van der Waals surface area contributed by atoms with Crippen LogP contribution in [0, 0.1) is 0 Å². The van der Waals surface area contributed by atoms with Crippen molar-refractivity contribution in [1.29, 1.82) is 0 Å². The topological polar surface area (TPSA) is 113 Å². The average molecular weight is 488 g/mol. The van der Waals surface area contributed by atoms with Crippen molar-refractivity contribution >= 4 is 34.9 Å². The van der Waals surface area contributed by atoms with Crippen LogP contribution < -0.4 is 16.0 Å². The standard InChI is InChI=1S/C24H33N5O4S/c1-16(2)17-7-9-18(10-8-17)26-24(32)29(12-13-33-3)14-21-27-20(15-34-21)23(31)28-19-6-4-5-11-25-22(19)30/h7-10,15-16,19H,4-6,11-14H2,1-3H3,(H,25,30)(H,26,32)(H,28,31). The molecule has 1 aromatic heterocycles. The Morgan fingerprint density at radius 2 is 2.03 bits per heavy atom. The van der Waals surface area contributed by atoms with Gasteiger partial charge < -0.3 is 25.6 Å². The summed E-state index contributed by atoms with van der Waals surface area (Å²) in [6, 6.07) is 6.95. The summed E-state index contributed by atoms with van der Waals surface area (Å²) in [4.78, 5) is 43.7. The zero-order valence-corrected chi connectivity index (χ0v) is 20.7. The molecule has 1 unspecified atom stereocenters. The number of ether oxygens (including phenoxy) is 1. The molecular formula is C24H33N5O4S. The maximum atomic E-state index is 12.9. The normalized spacial score (nSPS) is 16.0. The van der Waals surface area contributed by atoms with Crippen molar-refractivity contribution in [1.82, 2.24) is 20.5 Å². The quantitative estimate of drug-likeness (QED) is 0.502. The van der Waals surface area contributed by atoms with E-state index < -0.39 is 6.04 Å². The average Bonchev–Trinajstić information content (AvgIpc) is 3.20. The maximum Gasteiger partial charge on any atom is 0.322 e. The Balaban J connectivity index is 1.62. The van der Waals surface area contributed by atoms with Gasteiger partial charge >= 0.3 is 6.03 Å². The summed E-state index contributed by atoms with van der Waals surface area (Å²) in [6.07, 6.45) is 2.38. The van der Waals surface area contributed by atoms with Gasteiger partial charge in [-0.3, -0.25) is 9.59 Å². The summed E-state index contributed by atoms with van der Waals surface area (Å²) in [5.41, 5.74) is 2.15. The lowest BCUT2D eigenvalue weighted by Crippen LogP contribution is -2.45. The molecule has 0 bridgehead atoms. The molecule has 2 heterocycles. The van der Waals surface area contributed by atoms with Crippen LogP contribution in [0.4, 0.5) is 10.5 Å². The van der Waals surface area contributed by atoms with Crippen molar-refractivity contribution in [3.05, 3.63) is 45.9 Å². The van der Waals surface area contributed by atoms with Crippen LogP contribution in [0.5, 0.6) is 0 Å². The Hall–Kier alpha value is -2.98. The van der Waals surface area contributed by atoms with Gasteiger partial charge in [0.15, 0.2) is 0 Å². The van der Waals surface area contributed by atoms with Gasteiger partial charge in [0.1, 0.15) is 16.7 Å². The van der Waals surface area contributed by atoms with Crippen LogP contribution in [0.25, 0.3) is 0 Å². The molecule has 4 amide bonds. The molecule has 0 spiro atoms. The van der Waals surface area contributed by atoms with Crippen LogP contribution in [0.1, 0.15) is 60.1 Å². The summed E-state index contributed by atoms with van der Waals surface area (Å²) in [6.45, 7) is 5.85. The fourth-order valence-electron chi connectivity index (χ4n) is 3.57. The molecule has 10 heteroatoms. The summed E-state index contributed by atoms with van der Waals surface area (Å²) < 4.78 is 5.16. The van der Waals surface area contributed by atoms with Gasteiger partial charge in [-0.1, -0.05) is 26.0 Å². The first-order valence-electron chi connectivity index (χ1n) is 11.5. The number of carbonyl (C=O) groups excluding carboxylic acids is 3. The molecule has 1 aromatic carbocycles. The van der Waals surface area contributed by atoms with E-state index in [2.05, 4.69) is 34.8 Å². The van der Waals surface area contributed by atoms with E-state index >= 15 is 0 Å². The Kier molecular flexibility index (Phi) is 9.41. The van der Waals surface area contributed by atoms with Gasteiger partial charge in [-0.05, 0) is 42.9 Å². The highest BCUT2D eigenvalue weighted by Gasteiger charge is 2.24. The summed E-state index contributed by atoms with van der Waals surface area (Å²) in [5.74, 6) is -0.135. The molecule has 3 rings (SSSR count). The fraction of sp³-hybridized carbons (Fsp3) is 0.500. The molecule has 1 aliphatic heterocycles. The third kappa shape index (κ3) is 7.26. The first-order valence-corrected chi connectivity index (χ1v) is 12.4. The van der Waals surface area contributed by atoms with Gasteiger partial charge in [0.2, 0.25) is 5.91 Å². The van der Waals surface area contributed by atoms with Crippen molar-refractivity contribution in [2.24, 2.45) is 0 Å². The Labute approximate surface area is 204 Å². The lowest BCUT2D eigenvalue weighted by Gasteiger charge is -2.22. The number of rotatable bonds is 9. The van der Waals surface area contributed by atoms with E-state index in [1.54, 1.807) is 17.4 Å². The van der Waals surface area contributed by atoms with Crippen molar-refractivity contribution in [2.75, 3.05) is 32.1 Å². The number of aromatic nitrogens is 1. The number of hydrogen-bond acceptors (Lipinski definition) is 6. The molecule has 0 saturated carbocycles. The van der Waals surface area contributed by atoms with Gasteiger partial charge in [0.25, 0.3) is 5.91 Å². The Morgan fingerprint density at radius 1 is 1.26 bits per heavy atom. The summed E-state index contributed by atoms with van der Waals surface area (Å²) >= 11 is 1.30. The lowest BCUT2D eigenvalue weighted by atomic mass is 10.0. The molecule has 184 valence electrons. The zero-order valence-electron chi connectivity index (χ0n) is 19.9. The lowest BCUT2D eigenvalue weighted by molar-refractivity contribution is -0.122. The first-order chi connectivity index (χ1) is 16.4. The van der Waals surface area contributed by atoms with E-state index in [1.165, 1.54) is 16.9 Å². The number of nitrogens with zero attached hydrogens (tertiary/aromatic N) is 2. The zero-order chi connectivity index (χ0) is 24.5. The molecule has 1 atom stereocenters. The number of hydrogen-bond donors (Lipinski definition) is 3. The molecular weight excluding hydrogens is 454 g/mol. The first kappa shape index (κ1) is 25.6. The van der Waals surface area contributed by atoms with Gasteiger partial charge in [-0.15, -0.1) is 11.3 Å². The van der Waals surface area contributed by atoms with Crippen LogP contribution in [0.3, 0.4) is 0 Å². The SMILES string of the molecule is COCCN(Cc1nc(C(=O)NC2CCCCNC2=O)cs1)C(=O)Nc1ccc(C(C)C)cc1. The van der Waals surface area contributed by atoms with Crippen LogP contribution in [0.15, 0.2) is 29.6 Å². The van der Waals surface area contributed by atoms with E-state index in [9.17, 15) is 14.4 Å². The van der Waals surface area contributed by atoms with E-state index in [4.69, 9.17) is 4.74 Å². The van der Waals surface area contributed by atoms with E-state index in [1.807, 2.05) is 24.3 Å². The van der Waals surface area contributed by atoms with Crippen LogP contribution in [-0.4, -0.2) is 60.6 Å². The molecule has 1 saturated heterocycles. The monoisotopic (exact) mass is 487 g/mol. The number of anilines is 1. The third-order valence-corrected chi connectivity index (χ3v) is 6.47. The van der Waals surface area contributed by atoms with Gasteiger partial charge in [0, 0.05) is 31.3 Å². The fourth-order valence-corrected chi connectivity index (χ4v) is 4.36. The largest absolute Gasteiger partial charge is 0.383 e. The van der Waals surface area contributed by atoms with Crippen molar-refractivity contribution in [2.45, 2.75) is 51.6 Å². The highest BCUT2D eigenvalue weighted by Crippen LogP contribution is 2.18. The number of methoxy groups -OCH3 is 1. The number of amides is 4. The minimum absolute atomic E-state index is 0.162. The minimum atomic E-state index is -0.550. The maximum absolute atomic E-state index is 12.9. The molecule has 34 heavy (non-hydrogen) atoms. The van der Waals surface area contributed by atoms with Crippen molar-refractivity contribution in [3.63, 3.8) is 0 Å².